The number of ether oxygens (including phenoxy) is 3. The Morgan fingerprint density at radius 2 is 1.91 bits per heavy atom. The van der Waals surface area contributed by atoms with Crippen LogP contribution < -0.4 is 15.1 Å². The van der Waals surface area contributed by atoms with E-state index >= 15 is 0 Å². The summed E-state index contributed by atoms with van der Waals surface area (Å²) in [5.41, 5.74) is 0.720. The highest BCUT2D eigenvalue weighted by molar-refractivity contribution is 5.90. The number of halogens is 1. The van der Waals surface area contributed by atoms with E-state index in [-0.39, 0.29) is 38.1 Å². The molecule has 3 amide bonds. The second kappa shape index (κ2) is 10.9. The molecule has 2 fully saturated rings. The summed E-state index contributed by atoms with van der Waals surface area (Å²) < 4.78 is 29.6. The van der Waals surface area contributed by atoms with E-state index in [4.69, 9.17) is 9.47 Å². The van der Waals surface area contributed by atoms with Gasteiger partial charge in [-0.05, 0) is 18.2 Å². The van der Waals surface area contributed by atoms with Gasteiger partial charge in [-0.2, -0.15) is 0 Å². The molecule has 0 aromatic heterocycles. The van der Waals surface area contributed by atoms with Gasteiger partial charge in [0.2, 0.25) is 5.91 Å². The second-order valence-electron chi connectivity index (χ2n) is 7.65. The van der Waals surface area contributed by atoms with Gasteiger partial charge in [-0.1, -0.05) is 0 Å². The summed E-state index contributed by atoms with van der Waals surface area (Å²) in [5.74, 6) is -1.67. The van der Waals surface area contributed by atoms with Crippen molar-refractivity contribution >= 4 is 35.3 Å². The number of carbonyl (C=O) groups is 4. The monoisotopic (exact) mass is 466 g/mol. The molecule has 33 heavy (non-hydrogen) atoms. The fourth-order valence-electron chi connectivity index (χ4n) is 3.61. The van der Waals surface area contributed by atoms with Crippen molar-refractivity contribution in [2.45, 2.75) is 13.0 Å². The molecule has 2 aliphatic heterocycles. The van der Waals surface area contributed by atoms with Crippen LogP contribution in [0, 0.1) is 5.82 Å². The average molecular weight is 466 g/mol. The van der Waals surface area contributed by atoms with Crippen LogP contribution in [0.5, 0.6) is 0 Å². The Hall–Kier alpha value is -3.41. The fraction of sp³-hybridized carbons (Fsp3) is 0.524. The van der Waals surface area contributed by atoms with Gasteiger partial charge < -0.3 is 29.3 Å². The minimum absolute atomic E-state index is 0.187. The van der Waals surface area contributed by atoms with Crippen molar-refractivity contribution in [3.8, 4) is 0 Å². The van der Waals surface area contributed by atoms with Gasteiger partial charge in [0, 0.05) is 40.2 Å². The minimum atomic E-state index is -0.616. The zero-order chi connectivity index (χ0) is 24.0. The van der Waals surface area contributed by atoms with Gasteiger partial charge in [0.05, 0.1) is 24.5 Å². The molecule has 2 heterocycles. The molecule has 0 spiro atoms. The predicted molar refractivity (Wildman–Crippen MR) is 114 cm³/mol. The summed E-state index contributed by atoms with van der Waals surface area (Å²) in [6.07, 6.45) is -1.11. The molecule has 2 saturated heterocycles. The molecule has 1 atom stereocenters. The number of amides is 3. The first-order chi connectivity index (χ1) is 15.8. The summed E-state index contributed by atoms with van der Waals surface area (Å²) in [6, 6.07) is 4.49. The molecule has 11 nitrogen and oxygen atoms in total. The molecule has 0 radical (unpaired) electrons. The predicted octanol–water partition coefficient (Wildman–Crippen LogP) is 0.125. The molecule has 1 aromatic rings. The number of carbonyl (C=O) groups excluding carboxylic acids is 4. The number of cyclic esters (lactones) is 1. The van der Waals surface area contributed by atoms with Crippen LogP contribution in [0.15, 0.2) is 18.2 Å². The molecule has 2 aliphatic rings. The third-order valence-corrected chi connectivity index (χ3v) is 5.29. The van der Waals surface area contributed by atoms with E-state index in [2.05, 4.69) is 10.1 Å². The Labute approximate surface area is 190 Å². The van der Waals surface area contributed by atoms with Crippen molar-refractivity contribution in [2.24, 2.45) is 0 Å². The van der Waals surface area contributed by atoms with Crippen LogP contribution in [-0.2, 0) is 28.6 Å². The van der Waals surface area contributed by atoms with Crippen LogP contribution in [-0.4, -0.2) is 94.5 Å². The van der Waals surface area contributed by atoms with Crippen molar-refractivity contribution in [3.63, 3.8) is 0 Å². The molecule has 3 rings (SSSR count). The van der Waals surface area contributed by atoms with Crippen LogP contribution in [0.1, 0.15) is 6.92 Å². The molecular formula is C21H27FN4O7. The Kier molecular flexibility index (Phi) is 8.04. The molecule has 0 aliphatic carbocycles. The summed E-state index contributed by atoms with van der Waals surface area (Å²) in [5, 5.41) is 2.59. The third kappa shape index (κ3) is 6.31. The lowest BCUT2D eigenvalue weighted by Gasteiger charge is -2.36. The Bertz CT molecular complexity index is 905. The smallest absolute Gasteiger partial charge is 0.414 e. The number of esters is 1. The van der Waals surface area contributed by atoms with E-state index < -0.39 is 24.0 Å². The Balaban J connectivity index is 1.54. The molecule has 1 aromatic carbocycles. The van der Waals surface area contributed by atoms with Crippen LogP contribution in [0.25, 0.3) is 0 Å². The van der Waals surface area contributed by atoms with Crippen LogP contribution >= 0.6 is 0 Å². The quantitative estimate of drug-likeness (QED) is 0.537. The maximum Gasteiger partial charge on any atom is 0.414 e. The normalized spacial score (nSPS) is 18.2. The van der Waals surface area contributed by atoms with E-state index in [1.807, 2.05) is 4.90 Å². The standard InChI is InChI=1S/C21H27FN4O7/c1-14(27)23-10-16-11-26(21(30)33-16)15-3-4-18(17(22)9-15)24-5-7-25(8-6-24)19(28)12-32-20(29)13-31-2/h3-4,9,16H,5-8,10-13H2,1-2H3,(H,23,27). The number of piperazine rings is 1. The third-order valence-electron chi connectivity index (χ3n) is 5.29. The summed E-state index contributed by atoms with van der Waals surface area (Å²) in [6.45, 7) is 2.69. The highest BCUT2D eigenvalue weighted by atomic mass is 19.1. The zero-order valence-corrected chi connectivity index (χ0v) is 18.5. The number of benzene rings is 1. The van der Waals surface area contributed by atoms with E-state index in [9.17, 15) is 23.6 Å². The number of rotatable bonds is 8. The van der Waals surface area contributed by atoms with E-state index in [1.165, 1.54) is 25.0 Å². The first kappa shape index (κ1) is 24.2. The summed E-state index contributed by atoms with van der Waals surface area (Å²) in [7, 11) is 1.36. The highest BCUT2D eigenvalue weighted by Gasteiger charge is 2.33. The molecule has 1 unspecified atom stereocenters. The van der Waals surface area contributed by atoms with Gasteiger partial charge in [-0.15, -0.1) is 0 Å². The number of methoxy groups -OCH3 is 1. The Morgan fingerprint density at radius 3 is 2.55 bits per heavy atom. The first-order valence-corrected chi connectivity index (χ1v) is 10.5. The van der Waals surface area contributed by atoms with Gasteiger partial charge in [0.15, 0.2) is 6.61 Å². The minimum Gasteiger partial charge on any atom is -0.454 e. The molecular weight excluding hydrogens is 439 g/mol. The SMILES string of the molecule is COCC(=O)OCC(=O)N1CCN(c2ccc(N3CC(CNC(C)=O)OC3=O)cc2F)CC1. The van der Waals surface area contributed by atoms with Crippen LogP contribution in [0.2, 0.25) is 0 Å². The number of anilines is 2. The fourth-order valence-corrected chi connectivity index (χ4v) is 3.61. The lowest BCUT2D eigenvalue weighted by Crippen LogP contribution is -2.50. The van der Waals surface area contributed by atoms with Crippen molar-refractivity contribution in [3.05, 3.63) is 24.0 Å². The largest absolute Gasteiger partial charge is 0.454 e. The van der Waals surface area contributed by atoms with Crippen molar-refractivity contribution in [2.75, 3.05) is 69.4 Å². The maximum absolute atomic E-state index is 14.9. The van der Waals surface area contributed by atoms with E-state index in [0.29, 0.717) is 37.6 Å². The van der Waals surface area contributed by atoms with Crippen LogP contribution in [0.3, 0.4) is 0 Å². The zero-order valence-electron chi connectivity index (χ0n) is 18.5. The average Bonchev–Trinajstić information content (AvgIpc) is 3.17. The highest BCUT2D eigenvalue weighted by Crippen LogP contribution is 2.28. The number of hydrogen-bond donors (Lipinski definition) is 1. The van der Waals surface area contributed by atoms with Gasteiger partial charge in [0.25, 0.3) is 5.91 Å². The number of nitrogens with one attached hydrogen (secondary N) is 1. The molecule has 0 saturated carbocycles. The summed E-state index contributed by atoms with van der Waals surface area (Å²) in [4.78, 5) is 51.4. The van der Waals surface area contributed by atoms with E-state index in [0.717, 1.165) is 0 Å². The van der Waals surface area contributed by atoms with Gasteiger partial charge >= 0.3 is 12.1 Å². The number of hydrogen-bond acceptors (Lipinski definition) is 8. The first-order valence-electron chi connectivity index (χ1n) is 10.5. The van der Waals surface area contributed by atoms with Crippen molar-refractivity contribution < 1.29 is 37.8 Å². The molecule has 12 heteroatoms. The van der Waals surface area contributed by atoms with Crippen molar-refractivity contribution in [1.29, 1.82) is 0 Å². The van der Waals surface area contributed by atoms with Crippen LogP contribution in [0.4, 0.5) is 20.6 Å². The van der Waals surface area contributed by atoms with Gasteiger partial charge in [-0.25, -0.2) is 14.0 Å². The second-order valence-corrected chi connectivity index (χ2v) is 7.65. The number of nitrogens with zero attached hydrogens (tertiary/aromatic N) is 3. The maximum atomic E-state index is 14.9. The Morgan fingerprint density at radius 1 is 1.18 bits per heavy atom. The lowest BCUT2D eigenvalue weighted by atomic mass is 10.2. The van der Waals surface area contributed by atoms with E-state index in [1.54, 1.807) is 17.0 Å². The summed E-state index contributed by atoms with van der Waals surface area (Å²) >= 11 is 0. The lowest BCUT2D eigenvalue weighted by molar-refractivity contribution is -0.155. The molecule has 0 bridgehead atoms. The van der Waals surface area contributed by atoms with Crippen molar-refractivity contribution in [1.82, 2.24) is 10.2 Å². The van der Waals surface area contributed by atoms with Gasteiger partial charge in [-0.3, -0.25) is 14.5 Å². The van der Waals surface area contributed by atoms with Gasteiger partial charge in [0.1, 0.15) is 18.5 Å². The molecule has 1 N–H and O–H groups in total. The topological polar surface area (TPSA) is 118 Å². The molecule has 180 valence electrons.